The zero-order valence-corrected chi connectivity index (χ0v) is 10.7. The largest absolute Gasteiger partial charge is 0.381 e. The summed E-state index contributed by atoms with van der Waals surface area (Å²) in [6.45, 7) is 1.55. The Hall–Kier alpha value is -1.53. The maximum Gasteiger partial charge on any atom is 0.195 e. The Morgan fingerprint density at radius 3 is 2.89 bits per heavy atom. The van der Waals surface area contributed by atoms with Gasteiger partial charge in [-0.3, -0.25) is 14.6 Å². The molecule has 0 spiro atoms. The van der Waals surface area contributed by atoms with Gasteiger partial charge in [0.25, 0.3) is 0 Å². The van der Waals surface area contributed by atoms with Gasteiger partial charge in [-0.2, -0.15) is 5.10 Å². The van der Waals surface area contributed by atoms with Crippen LogP contribution in [0.3, 0.4) is 0 Å². The van der Waals surface area contributed by atoms with Crippen molar-refractivity contribution >= 4 is 12.2 Å². The summed E-state index contributed by atoms with van der Waals surface area (Å²) in [4.78, 5) is 4.34. The van der Waals surface area contributed by atoms with Crippen molar-refractivity contribution < 1.29 is 4.74 Å². The van der Waals surface area contributed by atoms with Gasteiger partial charge >= 0.3 is 0 Å². The normalized spacial score (nSPS) is 16.9. The smallest absolute Gasteiger partial charge is 0.195 e. The van der Waals surface area contributed by atoms with Crippen LogP contribution < -0.4 is 0 Å². The molecular formula is C12H14N4OS. The summed E-state index contributed by atoms with van der Waals surface area (Å²) in [6, 6.07) is 6.14. The highest BCUT2D eigenvalue weighted by molar-refractivity contribution is 7.71. The SMILES string of the molecule is S=c1[nH]nc(-c2ccccn2)n1C1CCOCC1. The molecule has 0 amide bonds. The van der Waals surface area contributed by atoms with Gasteiger partial charge in [-0.1, -0.05) is 6.07 Å². The van der Waals surface area contributed by atoms with Crippen LogP contribution in [-0.2, 0) is 4.74 Å². The Morgan fingerprint density at radius 2 is 2.17 bits per heavy atom. The van der Waals surface area contributed by atoms with E-state index in [0.717, 1.165) is 37.6 Å². The fourth-order valence-corrected chi connectivity index (χ4v) is 2.54. The minimum atomic E-state index is 0.349. The second-order valence-electron chi connectivity index (χ2n) is 4.28. The zero-order chi connectivity index (χ0) is 12.4. The second kappa shape index (κ2) is 4.99. The van der Waals surface area contributed by atoms with Crippen molar-refractivity contribution in [3.63, 3.8) is 0 Å². The zero-order valence-electron chi connectivity index (χ0n) is 9.87. The maximum absolute atomic E-state index is 5.39. The minimum absolute atomic E-state index is 0.349. The van der Waals surface area contributed by atoms with Crippen LogP contribution >= 0.6 is 12.2 Å². The van der Waals surface area contributed by atoms with Crippen molar-refractivity contribution in [2.24, 2.45) is 0 Å². The fourth-order valence-electron chi connectivity index (χ4n) is 2.26. The number of H-pyrrole nitrogens is 1. The van der Waals surface area contributed by atoms with Gasteiger partial charge in [0.05, 0.1) is 0 Å². The summed E-state index contributed by atoms with van der Waals surface area (Å²) < 4.78 is 8.11. The number of aromatic nitrogens is 4. The first-order valence-electron chi connectivity index (χ1n) is 6.02. The first-order chi connectivity index (χ1) is 8.86. The topological polar surface area (TPSA) is 55.7 Å². The average Bonchev–Trinajstić information content (AvgIpc) is 2.83. The summed E-state index contributed by atoms with van der Waals surface area (Å²) in [5.74, 6) is 0.813. The first-order valence-corrected chi connectivity index (χ1v) is 6.43. The number of nitrogens with one attached hydrogen (secondary N) is 1. The van der Waals surface area contributed by atoms with Crippen molar-refractivity contribution in [1.29, 1.82) is 0 Å². The molecule has 0 radical (unpaired) electrons. The molecule has 1 saturated heterocycles. The number of nitrogens with zero attached hydrogens (tertiary/aromatic N) is 3. The van der Waals surface area contributed by atoms with Crippen molar-refractivity contribution in [2.45, 2.75) is 18.9 Å². The van der Waals surface area contributed by atoms with E-state index in [9.17, 15) is 0 Å². The third kappa shape index (κ3) is 2.09. The third-order valence-corrected chi connectivity index (χ3v) is 3.44. The Bertz CT molecular complexity index is 571. The highest BCUT2D eigenvalue weighted by Gasteiger charge is 2.21. The van der Waals surface area contributed by atoms with Crippen LogP contribution in [-0.4, -0.2) is 33.0 Å². The van der Waals surface area contributed by atoms with Crippen LogP contribution in [0.15, 0.2) is 24.4 Å². The molecule has 1 aliphatic heterocycles. The molecule has 94 valence electrons. The summed E-state index contributed by atoms with van der Waals surface area (Å²) in [7, 11) is 0. The molecule has 0 aliphatic carbocycles. The molecule has 0 atom stereocenters. The number of pyridine rings is 1. The highest BCUT2D eigenvalue weighted by Crippen LogP contribution is 2.26. The molecule has 18 heavy (non-hydrogen) atoms. The number of hydrogen-bond donors (Lipinski definition) is 1. The second-order valence-corrected chi connectivity index (χ2v) is 4.67. The molecule has 5 nitrogen and oxygen atoms in total. The van der Waals surface area contributed by atoms with Crippen LogP contribution in [0.25, 0.3) is 11.5 Å². The Balaban J connectivity index is 2.03. The van der Waals surface area contributed by atoms with E-state index >= 15 is 0 Å². The molecule has 0 unspecified atom stereocenters. The molecular weight excluding hydrogens is 248 g/mol. The quantitative estimate of drug-likeness (QED) is 0.844. The van der Waals surface area contributed by atoms with Gasteiger partial charge in [-0.05, 0) is 37.2 Å². The predicted octanol–water partition coefficient (Wildman–Crippen LogP) is 2.35. The Kier molecular flexibility index (Phi) is 3.21. The number of ether oxygens (including phenoxy) is 1. The molecule has 1 aliphatic rings. The van der Waals surface area contributed by atoms with Crippen molar-refractivity contribution in [3.8, 4) is 11.5 Å². The van der Waals surface area contributed by atoms with Crippen molar-refractivity contribution in [2.75, 3.05) is 13.2 Å². The van der Waals surface area contributed by atoms with E-state index < -0.39 is 0 Å². The third-order valence-electron chi connectivity index (χ3n) is 3.15. The molecule has 3 heterocycles. The van der Waals surface area contributed by atoms with Crippen LogP contribution in [0.5, 0.6) is 0 Å². The summed E-state index contributed by atoms with van der Waals surface area (Å²) in [5, 5.41) is 7.17. The molecule has 0 saturated carbocycles. The van der Waals surface area contributed by atoms with E-state index in [-0.39, 0.29) is 0 Å². The summed E-state index contributed by atoms with van der Waals surface area (Å²) in [5.41, 5.74) is 0.844. The molecule has 2 aromatic rings. The summed E-state index contributed by atoms with van der Waals surface area (Å²) >= 11 is 5.33. The van der Waals surface area contributed by atoms with Crippen molar-refractivity contribution in [1.82, 2.24) is 19.7 Å². The average molecular weight is 262 g/mol. The van der Waals surface area contributed by atoms with Crippen molar-refractivity contribution in [3.05, 3.63) is 29.2 Å². The van der Waals surface area contributed by atoms with Gasteiger partial charge in [0, 0.05) is 25.5 Å². The Morgan fingerprint density at radius 1 is 1.33 bits per heavy atom. The van der Waals surface area contributed by atoms with E-state index in [1.165, 1.54) is 0 Å². The van der Waals surface area contributed by atoms with E-state index in [1.807, 2.05) is 18.2 Å². The minimum Gasteiger partial charge on any atom is -0.381 e. The molecule has 1 fully saturated rings. The predicted molar refractivity (Wildman–Crippen MR) is 69.7 cm³/mol. The van der Waals surface area contributed by atoms with E-state index in [1.54, 1.807) is 6.20 Å². The van der Waals surface area contributed by atoms with Gasteiger partial charge in [0.15, 0.2) is 10.6 Å². The fraction of sp³-hybridized carbons (Fsp3) is 0.417. The summed E-state index contributed by atoms with van der Waals surface area (Å²) in [6.07, 6.45) is 3.70. The van der Waals surface area contributed by atoms with Gasteiger partial charge in [0.2, 0.25) is 0 Å². The molecule has 3 rings (SSSR count). The van der Waals surface area contributed by atoms with Gasteiger partial charge < -0.3 is 4.74 Å². The number of hydrogen-bond acceptors (Lipinski definition) is 4. The molecule has 2 aromatic heterocycles. The lowest BCUT2D eigenvalue weighted by molar-refractivity contribution is 0.0695. The molecule has 6 heteroatoms. The highest BCUT2D eigenvalue weighted by atomic mass is 32.1. The van der Waals surface area contributed by atoms with E-state index in [2.05, 4.69) is 19.7 Å². The lowest BCUT2D eigenvalue weighted by Gasteiger charge is -2.24. The standard InChI is InChI=1S/C12H14N4OS/c18-12-15-14-11(10-3-1-2-6-13-10)16(12)9-4-7-17-8-5-9/h1-3,6,9H,4-5,7-8H2,(H,15,18). The van der Waals surface area contributed by atoms with Gasteiger partial charge in [-0.25, -0.2) is 0 Å². The van der Waals surface area contributed by atoms with Crippen LogP contribution in [0.4, 0.5) is 0 Å². The molecule has 0 bridgehead atoms. The van der Waals surface area contributed by atoms with Crippen LogP contribution in [0.1, 0.15) is 18.9 Å². The monoisotopic (exact) mass is 262 g/mol. The van der Waals surface area contributed by atoms with Gasteiger partial charge in [0.1, 0.15) is 5.69 Å². The Labute approximate surface area is 110 Å². The van der Waals surface area contributed by atoms with Gasteiger partial charge in [-0.15, -0.1) is 0 Å². The number of rotatable bonds is 2. The lowest BCUT2D eigenvalue weighted by atomic mass is 10.1. The molecule has 1 N–H and O–H groups in total. The maximum atomic E-state index is 5.39. The number of aromatic amines is 1. The van der Waals surface area contributed by atoms with Crippen LogP contribution in [0.2, 0.25) is 0 Å². The van der Waals surface area contributed by atoms with Crippen LogP contribution in [0, 0.1) is 4.77 Å². The van der Waals surface area contributed by atoms with E-state index in [4.69, 9.17) is 17.0 Å². The van der Waals surface area contributed by atoms with E-state index in [0.29, 0.717) is 10.8 Å². The molecule has 0 aromatic carbocycles. The lowest BCUT2D eigenvalue weighted by Crippen LogP contribution is -2.20. The first kappa shape index (κ1) is 11.6.